The quantitative estimate of drug-likeness (QED) is 0.833. The smallest absolute Gasteiger partial charge is 0.260 e. The number of aromatic nitrogens is 2. The molecular formula is C11H11N3O3S2. The van der Waals surface area contributed by atoms with Crippen molar-refractivity contribution in [3.05, 3.63) is 40.6 Å². The lowest BCUT2D eigenvalue weighted by molar-refractivity contribution is 0.592. The Bertz CT molecular complexity index is 739. The summed E-state index contributed by atoms with van der Waals surface area (Å²) in [6.07, 6.45) is 0. The van der Waals surface area contributed by atoms with Gasteiger partial charge < -0.3 is 4.90 Å². The van der Waals surface area contributed by atoms with Gasteiger partial charge in [0.15, 0.2) is 5.82 Å². The topological polar surface area (TPSA) is 80.2 Å². The molecule has 8 heteroatoms. The van der Waals surface area contributed by atoms with Crippen LogP contribution < -0.4 is 10.3 Å². The summed E-state index contributed by atoms with van der Waals surface area (Å²) < 4.78 is 32.2. The molecule has 0 bridgehead atoms. The van der Waals surface area contributed by atoms with Crippen molar-refractivity contribution in [2.75, 3.05) is 19.0 Å². The molecule has 0 atom stereocenters. The van der Waals surface area contributed by atoms with Crippen molar-refractivity contribution in [2.45, 2.75) is 9.92 Å². The number of anilines is 1. The second-order valence-electron chi connectivity index (χ2n) is 3.93. The van der Waals surface area contributed by atoms with E-state index in [9.17, 15) is 13.2 Å². The molecule has 100 valence electrons. The standard InChI is InChI=1S/C11H11N3O3S2/c1-14(2)10-9(15)11(13-18-12-10)19(16,17)8-6-4-3-5-7-8/h3-7H,1-2H3. The highest BCUT2D eigenvalue weighted by atomic mass is 32.2. The van der Waals surface area contributed by atoms with E-state index in [2.05, 4.69) is 8.75 Å². The number of sulfone groups is 1. The van der Waals surface area contributed by atoms with E-state index in [4.69, 9.17) is 0 Å². The maximum Gasteiger partial charge on any atom is 0.260 e. The van der Waals surface area contributed by atoms with E-state index in [-0.39, 0.29) is 10.7 Å². The van der Waals surface area contributed by atoms with Crippen molar-refractivity contribution in [1.29, 1.82) is 0 Å². The molecule has 0 spiro atoms. The highest BCUT2D eigenvalue weighted by molar-refractivity contribution is 7.91. The van der Waals surface area contributed by atoms with Gasteiger partial charge in [-0.2, -0.15) is 8.75 Å². The van der Waals surface area contributed by atoms with Gasteiger partial charge in [0, 0.05) is 14.1 Å². The van der Waals surface area contributed by atoms with Gasteiger partial charge in [0.2, 0.25) is 14.9 Å². The molecule has 0 aliphatic heterocycles. The first-order valence-corrected chi connectivity index (χ1v) is 7.50. The van der Waals surface area contributed by atoms with E-state index in [1.54, 1.807) is 32.3 Å². The number of hydrogen-bond donors (Lipinski definition) is 0. The summed E-state index contributed by atoms with van der Waals surface area (Å²) in [6.45, 7) is 0. The van der Waals surface area contributed by atoms with Crippen molar-refractivity contribution in [3.63, 3.8) is 0 Å². The molecule has 0 radical (unpaired) electrons. The van der Waals surface area contributed by atoms with Crippen LogP contribution in [-0.4, -0.2) is 31.3 Å². The fourth-order valence-corrected chi connectivity index (χ4v) is 3.53. The molecule has 0 N–H and O–H groups in total. The third-order valence-electron chi connectivity index (χ3n) is 2.38. The maximum atomic E-state index is 12.3. The molecule has 2 rings (SSSR count). The molecule has 2 aromatic rings. The third-order valence-corrected chi connectivity index (χ3v) is 4.69. The molecule has 0 unspecified atom stereocenters. The van der Waals surface area contributed by atoms with Crippen LogP contribution in [0.5, 0.6) is 0 Å². The summed E-state index contributed by atoms with van der Waals surface area (Å²) >= 11 is 0.699. The van der Waals surface area contributed by atoms with E-state index in [0.717, 1.165) is 0 Å². The molecule has 0 amide bonds. The van der Waals surface area contributed by atoms with Crippen LogP contribution in [0.4, 0.5) is 5.82 Å². The summed E-state index contributed by atoms with van der Waals surface area (Å²) in [6, 6.07) is 7.74. The Balaban J connectivity index is 2.67. The lowest BCUT2D eigenvalue weighted by Crippen LogP contribution is -2.25. The molecule has 6 nitrogen and oxygen atoms in total. The normalized spacial score (nSPS) is 11.3. The average Bonchev–Trinajstić information content (AvgIpc) is 2.39. The lowest BCUT2D eigenvalue weighted by Gasteiger charge is -2.09. The molecule has 1 heterocycles. The first-order valence-electron chi connectivity index (χ1n) is 5.29. The maximum absolute atomic E-state index is 12.3. The highest BCUT2D eigenvalue weighted by Gasteiger charge is 2.25. The van der Waals surface area contributed by atoms with E-state index in [0.29, 0.717) is 11.7 Å². The summed E-state index contributed by atoms with van der Waals surface area (Å²) in [7, 11) is -0.665. The number of nitrogens with zero attached hydrogens (tertiary/aromatic N) is 3. The van der Waals surface area contributed by atoms with Gasteiger partial charge in [-0.3, -0.25) is 4.79 Å². The predicted octanol–water partition coefficient (Wildman–Crippen LogP) is 0.797. The minimum absolute atomic E-state index is 0.0442. The monoisotopic (exact) mass is 297 g/mol. The van der Waals surface area contributed by atoms with Gasteiger partial charge in [0.05, 0.1) is 16.6 Å². The Hall–Kier alpha value is -1.80. The minimum atomic E-state index is -3.91. The summed E-state index contributed by atoms with van der Waals surface area (Å²) in [4.78, 5) is 13.6. The first-order chi connectivity index (χ1) is 8.94. The van der Waals surface area contributed by atoms with Crippen LogP contribution >= 0.6 is 11.7 Å². The Morgan fingerprint density at radius 3 is 2.32 bits per heavy atom. The Morgan fingerprint density at radius 2 is 1.74 bits per heavy atom. The van der Waals surface area contributed by atoms with Gasteiger partial charge in [-0.15, -0.1) is 0 Å². The van der Waals surface area contributed by atoms with Crippen LogP contribution in [0.25, 0.3) is 0 Å². The fourth-order valence-electron chi connectivity index (χ4n) is 1.44. The van der Waals surface area contributed by atoms with Crippen molar-refractivity contribution in [2.24, 2.45) is 0 Å². The Labute approximate surface area is 114 Å². The van der Waals surface area contributed by atoms with Crippen molar-refractivity contribution in [3.8, 4) is 0 Å². The molecule has 0 aliphatic carbocycles. The largest absolute Gasteiger partial charge is 0.359 e. The van der Waals surface area contributed by atoms with Crippen LogP contribution in [0.3, 0.4) is 0 Å². The molecule has 0 saturated carbocycles. The van der Waals surface area contributed by atoms with Crippen LogP contribution in [0.1, 0.15) is 0 Å². The first kappa shape index (κ1) is 13.6. The second kappa shape index (κ2) is 5.06. The van der Waals surface area contributed by atoms with Crippen LogP contribution in [0.15, 0.2) is 45.0 Å². The van der Waals surface area contributed by atoms with E-state index < -0.39 is 20.3 Å². The van der Waals surface area contributed by atoms with Crippen LogP contribution in [-0.2, 0) is 9.84 Å². The number of hydrogen-bond acceptors (Lipinski definition) is 7. The molecule has 0 aliphatic rings. The highest BCUT2D eigenvalue weighted by Crippen LogP contribution is 2.17. The van der Waals surface area contributed by atoms with E-state index in [1.165, 1.54) is 17.0 Å². The summed E-state index contributed by atoms with van der Waals surface area (Å²) in [5.74, 6) is 0.0644. The lowest BCUT2D eigenvalue weighted by atomic mass is 10.4. The van der Waals surface area contributed by atoms with Crippen molar-refractivity contribution < 1.29 is 8.42 Å². The molecule has 0 fully saturated rings. The van der Waals surface area contributed by atoms with Gasteiger partial charge in [-0.05, 0) is 12.1 Å². The van der Waals surface area contributed by atoms with Crippen LogP contribution in [0, 0.1) is 0 Å². The third kappa shape index (κ3) is 2.49. The van der Waals surface area contributed by atoms with Gasteiger partial charge in [-0.25, -0.2) is 8.42 Å². The zero-order valence-corrected chi connectivity index (χ0v) is 11.9. The van der Waals surface area contributed by atoms with Gasteiger partial charge in [-0.1, -0.05) is 18.2 Å². The van der Waals surface area contributed by atoms with E-state index >= 15 is 0 Å². The molecule has 1 aromatic carbocycles. The Morgan fingerprint density at radius 1 is 1.11 bits per heavy atom. The fraction of sp³-hybridized carbons (Fsp3) is 0.182. The SMILES string of the molecule is CN(C)c1nsnc(S(=O)(=O)c2ccccc2)c1=O. The zero-order valence-electron chi connectivity index (χ0n) is 10.3. The van der Waals surface area contributed by atoms with Crippen molar-refractivity contribution in [1.82, 2.24) is 8.75 Å². The summed E-state index contributed by atoms with van der Waals surface area (Å²) in [5, 5.41) is -0.484. The molecule has 19 heavy (non-hydrogen) atoms. The molecule has 0 saturated heterocycles. The van der Waals surface area contributed by atoms with E-state index in [1.807, 2.05) is 0 Å². The molecule has 1 aromatic heterocycles. The van der Waals surface area contributed by atoms with Crippen LogP contribution in [0.2, 0.25) is 0 Å². The minimum Gasteiger partial charge on any atom is -0.359 e. The summed E-state index contributed by atoms with van der Waals surface area (Å²) in [5.41, 5.74) is -0.687. The van der Waals surface area contributed by atoms with Gasteiger partial charge >= 0.3 is 0 Å². The zero-order chi connectivity index (χ0) is 14.0. The average molecular weight is 297 g/mol. The molecular weight excluding hydrogens is 286 g/mol. The number of benzene rings is 1. The van der Waals surface area contributed by atoms with Crippen molar-refractivity contribution >= 4 is 27.4 Å². The Kier molecular flexibility index (Phi) is 3.63. The van der Waals surface area contributed by atoms with Gasteiger partial charge in [0.25, 0.3) is 5.43 Å². The predicted molar refractivity (Wildman–Crippen MR) is 72.4 cm³/mol. The second-order valence-corrected chi connectivity index (χ2v) is 6.33. The van der Waals surface area contributed by atoms with Gasteiger partial charge in [0.1, 0.15) is 0 Å². The number of rotatable bonds is 3.